The highest BCUT2D eigenvalue weighted by Gasteiger charge is 2.62. The first-order chi connectivity index (χ1) is 15.0. The summed E-state index contributed by atoms with van der Waals surface area (Å²) in [6.45, 7) is 5.79. The topological polar surface area (TPSA) is 90.0 Å². The second-order valence-electron chi connectivity index (χ2n) is 10.1. The number of Topliss-reactive ketones (excluding diaryl/α,β-unsaturated/α-hetero) is 1. The summed E-state index contributed by atoms with van der Waals surface area (Å²) in [5.74, 6) is -0.164. The molecule has 1 aromatic rings. The molecule has 4 rings (SSSR count). The van der Waals surface area contributed by atoms with Crippen molar-refractivity contribution in [2.24, 2.45) is 11.3 Å². The van der Waals surface area contributed by atoms with Gasteiger partial charge >= 0.3 is 6.09 Å². The third kappa shape index (κ3) is 3.50. The Balaban J connectivity index is 1.63. The number of carbonyl (C=O) groups excluding carboxylic acids is 2. The summed E-state index contributed by atoms with van der Waals surface area (Å²) < 4.78 is 0. The number of ketones is 1. The Labute approximate surface area is 194 Å². The molecular weight excluding hydrogens is 430 g/mol. The predicted octanol–water partition coefficient (Wildman–Crippen LogP) is 3.16. The van der Waals surface area contributed by atoms with E-state index < -0.39 is 17.0 Å². The average molecular weight is 462 g/mol. The van der Waals surface area contributed by atoms with Crippen LogP contribution in [0.2, 0.25) is 5.02 Å². The van der Waals surface area contributed by atoms with Crippen molar-refractivity contribution < 1.29 is 19.5 Å². The smallest absolute Gasteiger partial charge is 0.407 e. The van der Waals surface area contributed by atoms with Gasteiger partial charge in [-0.25, -0.2) is 4.79 Å². The molecule has 1 aliphatic carbocycles. The van der Waals surface area contributed by atoms with Crippen LogP contribution in [0.5, 0.6) is 0 Å². The van der Waals surface area contributed by atoms with Crippen LogP contribution in [0, 0.1) is 11.3 Å². The Hall–Kier alpha value is -2.12. The second-order valence-corrected chi connectivity index (χ2v) is 10.6. The SMILES string of the molecule is CN(C(=O)O)[C@]1(C(=O)C2CCN(C(=O)C3(C)CC3)CC2)CNC[C@@]1(C)c1ccc(Cl)cc1. The van der Waals surface area contributed by atoms with Gasteiger partial charge in [-0.2, -0.15) is 0 Å². The van der Waals surface area contributed by atoms with Gasteiger partial charge in [0, 0.05) is 55.0 Å². The van der Waals surface area contributed by atoms with Gasteiger partial charge in [0.15, 0.2) is 5.78 Å². The molecule has 8 heteroatoms. The molecule has 0 spiro atoms. The third-order valence-electron chi connectivity index (χ3n) is 8.19. The summed E-state index contributed by atoms with van der Waals surface area (Å²) in [6, 6.07) is 7.31. The van der Waals surface area contributed by atoms with Crippen molar-refractivity contribution in [1.82, 2.24) is 15.1 Å². The molecule has 2 atom stereocenters. The lowest BCUT2D eigenvalue weighted by atomic mass is 9.63. The molecule has 0 unspecified atom stereocenters. The highest BCUT2D eigenvalue weighted by atomic mass is 35.5. The molecule has 2 heterocycles. The fourth-order valence-electron chi connectivity index (χ4n) is 5.64. The van der Waals surface area contributed by atoms with Gasteiger partial charge in [0.25, 0.3) is 0 Å². The van der Waals surface area contributed by atoms with Crippen molar-refractivity contribution in [3.63, 3.8) is 0 Å². The van der Waals surface area contributed by atoms with Crippen molar-refractivity contribution in [3.05, 3.63) is 34.9 Å². The minimum Gasteiger partial charge on any atom is -0.465 e. The molecule has 2 aliphatic heterocycles. The predicted molar refractivity (Wildman–Crippen MR) is 122 cm³/mol. The summed E-state index contributed by atoms with van der Waals surface area (Å²) in [4.78, 5) is 42.1. The van der Waals surface area contributed by atoms with E-state index in [9.17, 15) is 19.5 Å². The number of carboxylic acid groups (broad SMARTS) is 1. The lowest BCUT2D eigenvalue weighted by Crippen LogP contribution is -2.67. The normalized spacial score (nSPS) is 29.6. The van der Waals surface area contributed by atoms with Crippen LogP contribution in [0.15, 0.2) is 24.3 Å². The van der Waals surface area contributed by atoms with E-state index in [1.807, 2.05) is 30.9 Å². The van der Waals surface area contributed by atoms with Gasteiger partial charge in [-0.1, -0.05) is 37.6 Å². The van der Waals surface area contributed by atoms with Gasteiger partial charge in [0.1, 0.15) is 5.54 Å². The number of benzene rings is 1. The van der Waals surface area contributed by atoms with E-state index in [0.29, 0.717) is 37.5 Å². The highest BCUT2D eigenvalue weighted by Crippen LogP contribution is 2.48. The van der Waals surface area contributed by atoms with Gasteiger partial charge in [0.2, 0.25) is 5.91 Å². The Bertz CT molecular complexity index is 924. The van der Waals surface area contributed by atoms with Crippen LogP contribution < -0.4 is 5.32 Å². The van der Waals surface area contributed by atoms with Crippen LogP contribution in [0.25, 0.3) is 0 Å². The largest absolute Gasteiger partial charge is 0.465 e. The van der Waals surface area contributed by atoms with Crippen LogP contribution in [0.4, 0.5) is 4.79 Å². The molecule has 0 aromatic heterocycles. The number of likely N-dealkylation sites (tertiary alicyclic amines) is 1. The minimum atomic E-state index is -1.24. The van der Waals surface area contributed by atoms with Gasteiger partial charge in [-0.3, -0.25) is 14.5 Å². The summed E-state index contributed by atoms with van der Waals surface area (Å²) in [5.41, 5.74) is -1.34. The monoisotopic (exact) mass is 461 g/mol. The van der Waals surface area contributed by atoms with Crippen molar-refractivity contribution in [2.75, 3.05) is 33.2 Å². The van der Waals surface area contributed by atoms with Gasteiger partial charge in [0.05, 0.1) is 0 Å². The first kappa shape index (κ1) is 23.1. The minimum absolute atomic E-state index is 0.0606. The average Bonchev–Trinajstić information content (AvgIpc) is 3.44. The van der Waals surface area contributed by atoms with Crippen LogP contribution in [-0.2, 0) is 15.0 Å². The molecule has 2 amide bonds. The molecule has 3 aliphatic rings. The maximum atomic E-state index is 14.1. The van der Waals surface area contributed by atoms with E-state index in [-0.39, 0.29) is 29.6 Å². The number of piperidine rings is 1. The van der Waals surface area contributed by atoms with Crippen LogP contribution in [-0.4, -0.2) is 71.5 Å². The zero-order valence-electron chi connectivity index (χ0n) is 19.0. The van der Waals surface area contributed by atoms with E-state index in [0.717, 1.165) is 18.4 Å². The number of hydrogen-bond acceptors (Lipinski definition) is 4. The summed E-state index contributed by atoms with van der Waals surface area (Å²) in [5, 5.41) is 13.9. The fourth-order valence-corrected chi connectivity index (χ4v) is 5.76. The lowest BCUT2D eigenvalue weighted by Gasteiger charge is -2.49. The molecule has 1 saturated carbocycles. The summed E-state index contributed by atoms with van der Waals surface area (Å²) in [6.07, 6.45) is 1.86. The number of likely N-dealkylation sites (N-methyl/N-ethyl adjacent to an activating group) is 1. The molecule has 2 N–H and O–H groups in total. The second kappa shape index (κ2) is 8.03. The number of hydrogen-bond donors (Lipinski definition) is 2. The molecule has 7 nitrogen and oxygen atoms in total. The zero-order chi connectivity index (χ0) is 23.3. The Morgan fingerprint density at radius 3 is 2.22 bits per heavy atom. The Morgan fingerprint density at radius 1 is 1.09 bits per heavy atom. The van der Waals surface area contributed by atoms with E-state index >= 15 is 0 Å². The van der Waals surface area contributed by atoms with E-state index in [4.69, 9.17) is 11.6 Å². The highest BCUT2D eigenvalue weighted by molar-refractivity contribution is 6.30. The van der Waals surface area contributed by atoms with E-state index in [2.05, 4.69) is 5.32 Å². The molecule has 3 fully saturated rings. The van der Waals surface area contributed by atoms with Gasteiger partial charge in [-0.05, 0) is 43.4 Å². The number of nitrogens with one attached hydrogen (secondary N) is 1. The zero-order valence-corrected chi connectivity index (χ0v) is 19.7. The number of nitrogens with zero attached hydrogens (tertiary/aromatic N) is 2. The summed E-state index contributed by atoms with van der Waals surface area (Å²) >= 11 is 6.09. The van der Waals surface area contributed by atoms with Crippen molar-refractivity contribution in [1.29, 1.82) is 0 Å². The summed E-state index contributed by atoms with van der Waals surface area (Å²) in [7, 11) is 1.49. The molecule has 32 heavy (non-hydrogen) atoms. The number of carbonyl (C=O) groups is 3. The molecular formula is C24H32ClN3O4. The molecule has 0 radical (unpaired) electrons. The van der Waals surface area contributed by atoms with Crippen LogP contribution >= 0.6 is 11.6 Å². The van der Waals surface area contributed by atoms with E-state index in [1.54, 1.807) is 12.1 Å². The van der Waals surface area contributed by atoms with E-state index in [1.165, 1.54) is 11.9 Å². The van der Waals surface area contributed by atoms with Crippen molar-refractivity contribution >= 4 is 29.4 Å². The van der Waals surface area contributed by atoms with Gasteiger partial charge in [-0.15, -0.1) is 0 Å². The molecule has 0 bridgehead atoms. The molecule has 1 aromatic carbocycles. The Kier molecular flexibility index (Phi) is 5.78. The first-order valence-corrected chi connectivity index (χ1v) is 11.7. The number of amides is 2. The van der Waals surface area contributed by atoms with Crippen LogP contribution in [0.3, 0.4) is 0 Å². The first-order valence-electron chi connectivity index (χ1n) is 11.3. The maximum absolute atomic E-state index is 14.1. The quantitative estimate of drug-likeness (QED) is 0.703. The lowest BCUT2D eigenvalue weighted by molar-refractivity contribution is -0.143. The van der Waals surface area contributed by atoms with Crippen molar-refractivity contribution in [3.8, 4) is 0 Å². The fraction of sp³-hybridized carbons (Fsp3) is 0.625. The van der Waals surface area contributed by atoms with Gasteiger partial charge < -0.3 is 15.3 Å². The Morgan fingerprint density at radius 2 is 1.69 bits per heavy atom. The number of halogens is 1. The number of rotatable bonds is 5. The molecule has 2 saturated heterocycles. The van der Waals surface area contributed by atoms with Crippen molar-refractivity contribution in [2.45, 2.75) is 50.5 Å². The van der Waals surface area contributed by atoms with Crippen LogP contribution in [0.1, 0.15) is 45.1 Å². The standard InChI is InChI=1S/C24H32ClN3O4/c1-22(10-11-22)20(30)28-12-8-16(9-13-28)19(29)24(27(3)21(31)32)15-26-14-23(24,2)17-4-6-18(25)7-5-17/h4-7,16,26H,8-15H2,1-3H3,(H,31,32)/t23-,24-/m0/s1. The third-order valence-corrected chi connectivity index (χ3v) is 8.44. The molecule has 174 valence electrons. The maximum Gasteiger partial charge on any atom is 0.407 e.